The molecule has 0 aliphatic rings. The Morgan fingerprint density at radius 3 is 2.67 bits per heavy atom. The van der Waals surface area contributed by atoms with E-state index in [1.807, 2.05) is 0 Å². The van der Waals surface area contributed by atoms with E-state index < -0.39 is 0 Å². The lowest BCUT2D eigenvalue weighted by atomic mass is 10.2. The maximum absolute atomic E-state index is 5.48. The van der Waals surface area contributed by atoms with Gasteiger partial charge in [-0.15, -0.1) is 0 Å². The molecule has 0 atom stereocenters. The highest BCUT2D eigenvalue weighted by atomic mass is 16.5. The molecule has 0 aromatic rings. The third-order valence-corrected chi connectivity index (χ3v) is 1.62. The predicted molar refractivity (Wildman–Crippen MR) is 52.2 cm³/mol. The summed E-state index contributed by atoms with van der Waals surface area (Å²) in [5, 5.41) is 0. The van der Waals surface area contributed by atoms with Gasteiger partial charge in [0.25, 0.3) is 0 Å². The fourth-order valence-corrected chi connectivity index (χ4v) is 0.830. The van der Waals surface area contributed by atoms with Gasteiger partial charge in [0.15, 0.2) is 5.88 Å². The Morgan fingerprint density at radius 2 is 2.25 bits per heavy atom. The van der Waals surface area contributed by atoms with E-state index in [9.17, 15) is 0 Å². The van der Waals surface area contributed by atoms with E-state index in [2.05, 4.69) is 11.9 Å². The van der Waals surface area contributed by atoms with E-state index in [1.165, 1.54) is 6.42 Å². The topological polar surface area (TPSA) is 47.6 Å². The van der Waals surface area contributed by atoms with Crippen LogP contribution in [-0.2, 0) is 4.74 Å². The summed E-state index contributed by atoms with van der Waals surface area (Å²) in [6, 6.07) is 0. The highest BCUT2D eigenvalue weighted by molar-refractivity contribution is 5.95. The molecule has 0 saturated heterocycles. The van der Waals surface area contributed by atoms with Gasteiger partial charge in [-0.25, -0.2) is 0 Å². The molecule has 0 amide bonds. The maximum atomic E-state index is 5.48. The van der Waals surface area contributed by atoms with Crippen LogP contribution in [0, 0.1) is 0 Å². The van der Waals surface area contributed by atoms with Gasteiger partial charge in [-0.3, -0.25) is 4.99 Å². The number of hydrogen-bond acceptors (Lipinski definition) is 3. The number of aliphatic imine (C=N–C) groups is 1. The van der Waals surface area contributed by atoms with Crippen LogP contribution in [-0.4, -0.2) is 19.9 Å². The molecule has 0 heterocycles. The quantitative estimate of drug-likeness (QED) is 0.504. The van der Waals surface area contributed by atoms with Crippen molar-refractivity contribution in [3.63, 3.8) is 0 Å². The molecule has 0 spiro atoms. The summed E-state index contributed by atoms with van der Waals surface area (Å²) >= 11 is 0. The molecule has 0 saturated carbocycles. The molecule has 0 radical (unpaired) electrons. The van der Waals surface area contributed by atoms with Gasteiger partial charge >= 0.3 is 0 Å². The monoisotopic (exact) mass is 170 g/mol. The molecular formula is C9H18N2O. The average molecular weight is 170 g/mol. The molecule has 3 heteroatoms. The first-order valence-corrected chi connectivity index (χ1v) is 4.21. The summed E-state index contributed by atoms with van der Waals surface area (Å²) in [4.78, 5) is 4.09. The number of rotatable bonds is 5. The van der Waals surface area contributed by atoms with Gasteiger partial charge in [0.05, 0.1) is 7.11 Å². The number of allylic oxidation sites excluding steroid dienone is 1. The first-order valence-electron chi connectivity index (χ1n) is 4.21. The van der Waals surface area contributed by atoms with Crippen LogP contribution in [0.15, 0.2) is 17.0 Å². The fraction of sp³-hybridized carbons (Fsp3) is 0.667. The SMILES string of the molecule is CCCCC(C=C(N)OC)=NC. The molecule has 0 aromatic carbocycles. The van der Waals surface area contributed by atoms with Crippen molar-refractivity contribution in [2.75, 3.05) is 14.2 Å². The third kappa shape index (κ3) is 4.77. The van der Waals surface area contributed by atoms with Crippen LogP contribution in [0.3, 0.4) is 0 Å². The smallest absolute Gasteiger partial charge is 0.185 e. The summed E-state index contributed by atoms with van der Waals surface area (Å²) in [7, 11) is 3.32. The Hall–Kier alpha value is -0.990. The van der Waals surface area contributed by atoms with Crippen LogP contribution in [0.4, 0.5) is 0 Å². The van der Waals surface area contributed by atoms with E-state index in [1.54, 1.807) is 20.2 Å². The first kappa shape index (κ1) is 11.0. The zero-order valence-electron chi connectivity index (χ0n) is 8.13. The van der Waals surface area contributed by atoms with E-state index >= 15 is 0 Å². The molecule has 0 aliphatic heterocycles. The summed E-state index contributed by atoms with van der Waals surface area (Å²) in [5.74, 6) is 0.423. The van der Waals surface area contributed by atoms with Crippen molar-refractivity contribution in [1.29, 1.82) is 0 Å². The average Bonchev–Trinajstić information content (AvgIpc) is 2.11. The number of hydrogen-bond donors (Lipinski definition) is 1. The molecule has 0 bridgehead atoms. The lowest BCUT2D eigenvalue weighted by Gasteiger charge is -2.01. The lowest BCUT2D eigenvalue weighted by molar-refractivity contribution is 0.288. The Bertz CT molecular complexity index is 173. The van der Waals surface area contributed by atoms with Crippen molar-refractivity contribution in [1.82, 2.24) is 0 Å². The summed E-state index contributed by atoms with van der Waals surface area (Å²) in [6.45, 7) is 2.15. The standard InChI is InChI=1S/C9H18N2O/c1-4-5-6-8(11-2)7-9(10)12-3/h7H,4-6,10H2,1-3H3. The molecule has 12 heavy (non-hydrogen) atoms. The van der Waals surface area contributed by atoms with Crippen molar-refractivity contribution >= 4 is 5.71 Å². The zero-order valence-corrected chi connectivity index (χ0v) is 8.13. The molecule has 3 nitrogen and oxygen atoms in total. The summed E-state index contributed by atoms with van der Waals surface area (Å²) < 4.78 is 4.82. The minimum atomic E-state index is 0.423. The van der Waals surface area contributed by atoms with Gasteiger partial charge in [-0.2, -0.15) is 0 Å². The second-order valence-corrected chi connectivity index (χ2v) is 2.57. The molecule has 2 N–H and O–H groups in total. The normalized spacial score (nSPS) is 13.2. The van der Waals surface area contributed by atoms with Gasteiger partial charge in [-0.1, -0.05) is 13.3 Å². The Balaban J connectivity index is 4.00. The molecular weight excluding hydrogens is 152 g/mol. The fourth-order valence-electron chi connectivity index (χ4n) is 0.830. The molecule has 0 aromatic heterocycles. The van der Waals surface area contributed by atoms with Crippen LogP contribution in [0.5, 0.6) is 0 Å². The number of methoxy groups -OCH3 is 1. The van der Waals surface area contributed by atoms with Gasteiger partial charge < -0.3 is 10.5 Å². The second-order valence-electron chi connectivity index (χ2n) is 2.57. The van der Waals surface area contributed by atoms with Gasteiger partial charge in [0.1, 0.15) is 0 Å². The number of ether oxygens (including phenoxy) is 1. The Kier molecular flexibility index (Phi) is 6.15. The van der Waals surface area contributed by atoms with Crippen LogP contribution in [0.25, 0.3) is 0 Å². The molecule has 0 unspecified atom stereocenters. The van der Waals surface area contributed by atoms with Gasteiger partial charge in [0.2, 0.25) is 0 Å². The van der Waals surface area contributed by atoms with E-state index in [0.717, 1.165) is 18.6 Å². The third-order valence-electron chi connectivity index (χ3n) is 1.62. The second kappa shape index (κ2) is 6.70. The summed E-state index contributed by atoms with van der Waals surface area (Å²) in [5.41, 5.74) is 6.48. The predicted octanol–water partition coefficient (Wildman–Crippen LogP) is 1.69. The minimum absolute atomic E-state index is 0.423. The maximum Gasteiger partial charge on any atom is 0.185 e. The van der Waals surface area contributed by atoms with Crippen molar-refractivity contribution in [2.45, 2.75) is 26.2 Å². The number of nitrogens with two attached hydrogens (primary N) is 1. The molecule has 0 aliphatic carbocycles. The molecule has 0 rings (SSSR count). The molecule has 0 fully saturated rings. The minimum Gasteiger partial charge on any atom is -0.483 e. The zero-order chi connectivity index (χ0) is 9.40. The summed E-state index contributed by atoms with van der Waals surface area (Å²) in [6.07, 6.45) is 5.05. The van der Waals surface area contributed by atoms with Crippen molar-refractivity contribution in [3.8, 4) is 0 Å². The van der Waals surface area contributed by atoms with Crippen LogP contribution < -0.4 is 5.73 Å². The van der Waals surface area contributed by atoms with Crippen LogP contribution in [0.1, 0.15) is 26.2 Å². The Morgan fingerprint density at radius 1 is 1.58 bits per heavy atom. The van der Waals surface area contributed by atoms with E-state index in [-0.39, 0.29) is 0 Å². The largest absolute Gasteiger partial charge is 0.483 e. The highest BCUT2D eigenvalue weighted by Gasteiger charge is 1.95. The number of nitrogens with zero attached hydrogens (tertiary/aromatic N) is 1. The van der Waals surface area contributed by atoms with E-state index in [0.29, 0.717) is 5.88 Å². The van der Waals surface area contributed by atoms with Crippen LogP contribution in [0.2, 0.25) is 0 Å². The first-order chi connectivity index (χ1) is 5.74. The lowest BCUT2D eigenvalue weighted by Crippen LogP contribution is -2.04. The van der Waals surface area contributed by atoms with Crippen LogP contribution >= 0.6 is 0 Å². The van der Waals surface area contributed by atoms with Gasteiger partial charge in [-0.05, 0) is 12.8 Å². The van der Waals surface area contributed by atoms with E-state index in [4.69, 9.17) is 10.5 Å². The van der Waals surface area contributed by atoms with Crippen molar-refractivity contribution in [3.05, 3.63) is 12.0 Å². The van der Waals surface area contributed by atoms with Crippen molar-refractivity contribution in [2.24, 2.45) is 10.7 Å². The highest BCUT2D eigenvalue weighted by Crippen LogP contribution is 1.99. The number of unbranched alkanes of at least 4 members (excludes halogenated alkanes) is 1. The molecule has 70 valence electrons. The van der Waals surface area contributed by atoms with Gasteiger partial charge in [0, 0.05) is 18.8 Å². The van der Waals surface area contributed by atoms with Crippen molar-refractivity contribution < 1.29 is 4.74 Å². The Labute approximate surface area is 74.3 Å².